The van der Waals surface area contributed by atoms with Gasteiger partial charge in [0.15, 0.2) is 0 Å². The van der Waals surface area contributed by atoms with E-state index in [1.165, 1.54) is 0 Å². The third-order valence-electron chi connectivity index (χ3n) is 2.95. The first kappa shape index (κ1) is 16.2. The van der Waals surface area contributed by atoms with Crippen molar-refractivity contribution in [1.82, 2.24) is 9.88 Å². The highest BCUT2D eigenvalue weighted by atomic mass is 35.5. The first-order chi connectivity index (χ1) is 9.85. The lowest BCUT2D eigenvalue weighted by Gasteiger charge is -2.09. The number of aryl methyl sites for hydroxylation is 1. The molecule has 0 amide bonds. The number of benzene rings is 1. The second-order valence-electron chi connectivity index (χ2n) is 4.52. The Kier molecular flexibility index (Phi) is 4.83. The molecule has 0 bridgehead atoms. The molecule has 0 aliphatic carbocycles. The molecule has 114 valence electrons. The van der Waals surface area contributed by atoms with E-state index in [9.17, 15) is 8.42 Å². The fourth-order valence-electron chi connectivity index (χ4n) is 1.87. The molecule has 0 radical (unpaired) electrons. The van der Waals surface area contributed by atoms with Crippen molar-refractivity contribution in [2.45, 2.75) is 11.4 Å². The Hall–Kier alpha value is -1.21. The highest BCUT2D eigenvalue weighted by Gasteiger charge is 2.19. The normalized spacial score (nSPS) is 11.6. The zero-order valence-electron chi connectivity index (χ0n) is 11.5. The molecule has 0 saturated heterocycles. The molecule has 5 nitrogen and oxygen atoms in total. The summed E-state index contributed by atoms with van der Waals surface area (Å²) in [5.74, 6) is 0. The maximum atomic E-state index is 12.4. The van der Waals surface area contributed by atoms with Crippen LogP contribution >= 0.6 is 23.2 Å². The summed E-state index contributed by atoms with van der Waals surface area (Å²) in [4.78, 5) is 0.172. The molecule has 0 fully saturated rings. The molecule has 0 spiro atoms. The van der Waals surface area contributed by atoms with Gasteiger partial charge in [0.1, 0.15) is 4.90 Å². The van der Waals surface area contributed by atoms with E-state index in [2.05, 4.69) is 10.0 Å². The quantitative estimate of drug-likeness (QED) is 0.873. The molecule has 0 unspecified atom stereocenters. The van der Waals surface area contributed by atoms with Gasteiger partial charge in [-0.25, -0.2) is 8.42 Å². The lowest BCUT2D eigenvalue weighted by atomic mass is 10.3. The van der Waals surface area contributed by atoms with E-state index < -0.39 is 10.0 Å². The van der Waals surface area contributed by atoms with Crippen LogP contribution in [0.2, 0.25) is 10.0 Å². The lowest BCUT2D eigenvalue weighted by molar-refractivity contribution is 0.601. The predicted molar refractivity (Wildman–Crippen MR) is 85.4 cm³/mol. The van der Waals surface area contributed by atoms with E-state index in [1.807, 2.05) is 0 Å². The molecule has 8 heteroatoms. The standard InChI is InChI=1S/C13H15Cl2N3O2S/c1-16-7-9-6-10(8-18(9)2)21(19,20)17-12-5-3-4-11(14)13(12)15/h3-6,8,16-17H,7H2,1-2H3. The maximum absolute atomic E-state index is 12.4. The molecule has 2 rings (SSSR count). The smallest absolute Gasteiger partial charge is 0.263 e. The molecule has 1 aromatic carbocycles. The van der Waals surface area contributed by atoms with Gasteiger partial charge >= 0.3 is 0 Å². The van der Waals surface area contributed by atoms with Crippen LogP contribution in [-0.2, 0) is 23.6 Å². The van der Waals surface area contributed by atoms with E-state index in [0.29, 0.717) is 11.6 Å². The number of hydrogen-bond acceptors (Lipinski definition) is 3. The third-order valence-corrected chi connectivity index (χ3v) is 5.10. The number of halogens is 2. The van der Waals surface area contributed by atoms with Crippen LogP contribution in [0.15, 0.2) is 35.4 Å². The van der Waals surface area contributed by atoms with Gasteiger partial charge in [-0.2, -0.15) is 0 Å². The minimum absolute atomic E-state index is 0.172. The summed E-state index contributed by atoms with van der Waals surface area (Å²) < 4.78 is 29.0. The first-order valence-electron chi connectivity index (χ1n) is 6.12. The number of hydrogen-bond donors (Lipinski definition) is 2. The summed E-state index contributed by atoms with van der Waals surface area (Å²) >= 11 is 11.9. The largest absolute Gasteiger partial charge is 0.352 e. The van der Waals surface area contributed by atoms with Gasteiger partial charge in [-0.1, -0.05) is 29.3 Å². The Morgan fingerprint density at radius 1 is 1.29 bits per heavy atom. The minimum Gasteiger partial charge on any atom is -0.352 e. The fraction of sp³-hybridized carbons (Fsp3) is 0.231. The zero-order valence-corrected chi connectivity index (χ0v) is 13.9. The van der Waals surface area contributed by atoms with Crippen LogP contribution in [-0.4, -0.2) is 20.0 Å². The Morgan fingerprint density at radius 3 is 2.67 bits per heavy atom. The number of sulfonamides is 1. The fourth-order valence-corrected chi connectivity index (χ4v) is 3.44. The summed E-state index contributed by atoms with van der Waals surface area (Å²) in [7, 11) is -0.128. The number of aromatic nitrogens is 1. The molecule has 0 saturated carbocycles. The van der Waals surface area contributed by atoms with Gasteiger partial charge in [0.2, 0.25) is 0 Å². The van der Waals surface area contributed by atoms with Gasteiger partial charge in [0, 0.05) is 25.5 Å². The van der Waals surface area contributed by atoms with E-state index in [1.54, 1.807) is 49.1 Å². The molecule has 1 aromatic heterocycles. The van der Waals surface area contributed by atoms with Crippen molar-refractivity contribution < 1.29 is 8.42 Å². The molecule has 2 aromatic rings. The second-order valence-corrected chi connectivity index (χ2v) is 6.98. The van der Waals surface area contributed by atoms with Crippen LogP contribution in [0.1, 0.15) is 5.69 Å². The maximum Gasteiger partial charge on any atom is 0.263 e. The highest BCUT2D eigenvalue weighted by Crippen LogP contribution is 2.31. The summed E-state index contributed by atoms with van der Waals surface area (Å²) in [5, 5.41) is 3.45. The van der Waals surface area contributed by atoms with Crippen LogP contribution in [0.25, 0.3) is 0 Å². The van der Waals surface area contributed by atoms with Crippen molar-refractivity contribution in [2.24, 2.45) is 7.05 Å². The lowest BCUT2D eigenvalue weighted by Crippen LogP contribution is -2.12. The Balaban J connectivity index is 2.34. The van der Waals surface area contributed by atoms with Crippen molar-refractivity contribution in [1.29, 1.82) is 0 Å². The van der Waals surface area contributed by atoms with Crippen LogP contribution in [0.3, 0.4) is 0 Å². The van der Waals surface area contributed by atoms with Gasteiger partial charge in [-0.3, -0.25) is 4.72 Å². The van der Waals surface area contributed by atoms with Crippen molar-refractivity contribution in [3.63, 3.8) is 0 Å². The summed E-state index contributed by atoms with van der Waals surface area (Å²) in [6, 6.07) is 6.39. The molecule has 0 aliphatic rings. The molecule has 21 heavy (non-hydrogen) atoms. The van der Waals surface area contributed by atoms with Gasteiger partial charge in [-0.05, 0) is 25.2 Å². The average Bonchev–Trinajstić information content (AvgIpc) is 2.78. The third kappa shape index (κ3) is 3.52. The van der Waals surface area contributed by atoms with Crippen LogP contribution in [0, 0.1) is 0 Å². The predicted octanol–water partition coefficient (Wildman–Crippen LogP) is 2.85. The SMILES string of the molecule is CNCc1cc(S(=O)(=O)Nc2cccc(Cl)c2Cl)cn1C. The number of rotatable bonds is 5. The van der Waals surface area contributed by atoms with Crippen molar-refractivity contribution >= 4 is 38.9 Å². The molecule has 2 N–H and O–H groups in total. The van der Waals surface area contributed by atoms with E-state index in [0.717, 1.165) is 5.69 Å². The average molecular weight is 348 g/mol. The Labute approximate surface area is 133 Å². The topological polar surface area (TPSA) is 63.1 Å². The van der Waals surface area contributed by atoms with Gasteiger partial charge in [0.25, 0.3) is 10.0 Å². The van der Waals surface area contributed by atoms with Crippen molar-refractivity contribution in [2.75, 3.05) is 11.8 Å². The van der Waals surface area contributed by atoms with Gasteiger partial charge < -0.3 is 9.88 Å². The molecule has 0 atom stereocenters. The van der Waals surface area contributed by atoms with Crippen molar-refractivity contribution in [3.05, 3.63) is 46.2 Å². The van der Waals surface area contributed by atoms with Crippen LogP contribution in [0.5, 0.6) is 0 Å². The van der Waals surface area contributed by atoms with E-state index >= 15 is 0 Å². The van der Waals surface area contributed by atoms with Gasteiger partial charge in [-0.15, -0.1) is 0 Å². The first-order valence-corrected chi connectivity index (χ1v) is 8.35. The summed E-state index contributed by atoms with van der Waals surface area (Å²) in [6.07, 6.45) is 1.55. The Bertz CT molecular complexity index is 757. The number of nitrogens with one attached hydrogen (secondary N) is 2. The number of nitrogens with zero attached hydrogens (tertiary/aromatic N) is 1. The minimum atomic E-state index is -3.71. The molecule has 0 aliphatic heterocycles. The van der Waals surface area contributed by atoms with Crippen LogP contribution in [0.4, 0.5) is 5.69 Å². The monoisotopic (exact) mass is 347 g/mol. The summed E-state index contributed by atoms with van der Waals surface area (Å²) in [6.45, 7) is 0.573. The van der Waals surface area contributed by atoms with Crippen molar-refractivity contribution in [3.8, 4) is 0 Å². The molecular formula is C13H15Cl2N3O2S. The second kappa shape index (κ2) is 6.27. The summed E-state index contributed by atoms with van der Waals surface area (Å²) in [5.41, 5.74) is 1.11. The Morgan fingerprint density at radius 2 is 2.00 bits per heavy atom. The van der Waals surface area contributed by atoms with Gasteiger partial charge in [0.05, 0.1) is 15.7 Å². The van der Waals surface area contributed by atoms with E-state index in [-0.39, 0.29) is 15.6 Å². The zero-order chi connectivity index (χ0) is 15.6. The molecular weight excluding hydrogens is 333 g/mol. The molecule has 1 heterocycles. The van der Waals surface area contributed by atoms with E-state index in [4.69, 9.17) is 23.2 Å². The van der Waals surface area contributed by atoms with Crippen LogP contribution < -0.4 is 10.0 Å². The highest BCUT2D eigenvalue weighted by molar-refractivity contribution is 7.92. The number of anilines is 1.